The molecular weight excluding hydrogens is 196 g/mol. The molecule has 84 valence electrons. The average Bonchev–Trinajstić information content (AvgIpc) is 2.98. The minimum absolute atomic E-state index is 0.0191. The molecule has 7 rings (SSSR count). The second-order valence-electron chi connectivity index (χ2n) is 5.26. The Labute approximate surface area is 88.8 Å². The van der Waals surface area contributed by atoms with Gasteiger partial charge in [-0.05, 0) is 12.8 Å². The standard InChI is InChI=1S/C11H16O4/c1-2-9-14-7-10(11(15-9)3-4-11)5-12-8(1)13-6-10/h8-9H,1-7H2. The van der Waals surface area contributed by atoms with Crippen LogP contribution in [-0.2, 0) is 18.9 Å². The van der Waals surface area contributed by atoms with E-state index in [-0.39, 0.29) is 23.6 Å². The van der Waals surface area contributed by atoms with Gasteiger partial charge >= 0.3 is 0 Å². The van der Waals surface area contributed by atoms with Gasteiger partial charge in [-0.15, -0.1) is 0 Å². The SMILES string of the molecule is C1CC2OCC3(COC1OC3)C1(CC1)O2. The van der Waals surface area contributed by atoms with Gasteiger partial charge in [0, 0.05) is 12.8 Å². The minimum atomic E-state index is -0.0279. The van der Waals surface area contributed by atoms with Crippen molar-refractivity contribution in [2.75, 3.05) is 19.8 Å². The van der Waals surface area contributed by atoms with E-state index >= 15 is 0 Å². The maximum absolute atomic E-state index is 6.11. The van der Waals surface area contributed by atoms with Gasteiger partial charge in [-0.1, -0.05) is 0 Å². The smallest absolute Gasteiger partial charge is 0.158 e. The highest BCUT2D eigenvalue weighted by molar-refractivity contribution is 5.13. The van der Waals surface area contributed by atoms with E-state index in [0.717, 1.165) is 45.5 Å². The van der Waals surface area contributed by atoms with Crippen LogP contribution in [0.25, 0.3) is 0 Å². The molecule has 4 heteroatoms. The normalized spacial score (nSPS) is 51.2. The number of hydrogen-bond donors (Lipinski definition) is 0. The molecule has 0 aromatic carbocycles. The highest BCUT2D eigenvalue weighted by Crippen LogP contribution is 2.58. The Morgan fingerprint density at radius 2 is 1.40 bits per heavy atom. The Morgan fingerprint density at radius 1 is 0.800 bits per heavy atom. The van der Waals surface area contributed by atoms with Gasteiger partial charge in [0.2, 0.25) is 0 Å². The third-order valence-electron chi connectivity index (χ3n) is 4.30. The maximum Gasteiger partial charge on any atom is 0.158 e. The van der Waals surface area contributed by atoms with Crippen LogP contribution in [0.4, 0.5) is 0 Å². The van der Waals surface area contributed by atoms with Crippen LogP contribution in [0.15, 0.2) is 0 Å². The van der Waals surface area contributed by atoms with Crippen LogP contribution in [0.2, 0.25) is 0 Å². The second-order valence-corrected chi connectivity index (χ2v) is 5.26. The Balaban J connectivity index is 1.75. The van der Waals surface area contributed by atoms with Crippen molar-refractivity contribution in [2.24, 2.45) is 5.41 Å². The molecule has 7 fully saturated rings. The van der Waals surface area contributed by atoms with E-state index in [0.29, 0.717) is 0 Å². The fraction of sp³-hybridized carbons (Fsp3) is 1.00. The van der Waals surface area contributed by atoms with E-state index in [2.05, 4.69) is 0 Å². The predicted molar refractivity (Wildman–Crippen MR) is 50.1 cm³/mol. The summed E-state index contributed by atoms with van der Waals surface area (Å²) in [4.78, 5) is 0. The molecule has 1 aliphatic carbocycles. The van der Waals surface area contributed by atoms with Gasteiger partial charge in [-0.25, -0.2) is 0 Å². The number of ether oxygens (including phenoxy) is 4. The van der Waals surface area contributed by atoms with Gasteiger partial charge in [0.25, 0.3) is 0 Å². The molecule has 0 aromatic heterocycles. The van der Waals surface area contributed by atoms with Crippen LogP contribution in [0.1, 0.15) is 25.7 Å². The molecule has 4 nitrogen and oxygen atoms in total. The van der Waals surface area contributed by atoms with Crippen LogP contribution in [0, 0.1) is 5.41 Å². The molecule has 7 aliphatic rings. The van der Waals surface area contributed by atoms with Gasteiger partial charge in [-0.2, -0.15) is 0 Å². The lowest BCUT2D eigenvalue weighted by Gasteiger charge is -2.47. The van der Waals surface area contributed by atoms with Crippen LogP contribution in [0.5, 0.6) is 0 Å². The summed E-state index contributed by atoms with van der Waals surface area (Å²) in [6, 6.07) is 0. The molecule has 1 atom stereocenters. The van der Waals surface area contributed by atoms with Crippen LogP contribution in [0.3, 0.4) is 0 Å². The summed E-state index contributed by atoms with van der Waals surface area (Å²) in [6.07, 6.45) is 4.01. The third kappa shape index (κ3) is 1.11. The van der Waals surface area contributed by atoms with Crippen molar-refractivity contribution < 1.29 is 18.9 Å². The zero-order valence-electron chi connectivity index (χ0n) is 8.74. The van der Waals surface area contributed by atoms with Crippen LogP contribution in [-0.4, -0.2) is 38.0 Å². The Bertz CT molecular complexity index is 268. The number of rotatable bonds is 0. The summed E-state index contributed by atoms with van der Waals surface area (Å²) >= 11 is 0. The molecule has 0 N–H and O–H groups in total. The lowest BCUT2D eigenvalue weighted by atomic mass is 9.80. The fourth-order valence-corrected chi connectivity index (χ4v) is 3.08. The van der Waals surface area contributed by atoms with Crippen molar-refractivity contribution in [2.45, 2.75) is 43.9 Å². The summed E-state index contributed by atoms with van der Waals surface area (Å²) in [5.41, 5.74) is -0.00440. The van der Waals surface area contributed by atoms with E-state index in [1.165, 1.54) is 0 Å². The van der Waals surface area contributed by atoms with Crippen molar-refractivity contribution >= 4 is 0 Å². The Hall–Kier alpha value is -0.160. The first-order chi connectivity index (χ1) is 7.32. The Kier molecular flexibility index (Phi) is 1.63. The average molecular weight is 212 g/mol. The molecule has 1 saturated carbocycles. The molecule has 2 spiro atoms. The molecule has 6 heterocycles. The monoisotopic (exact) mass is 212 g/mol. The van der Waals surface area contributed by atoms with Gasteiger partial charge in [-0.3, -0.25) is 0 Å². The van der Waals surface area contributed by atoms with Crippen LogP contribution < -0.4 is 0 Å². The van der Waals surface area contributed by atoms with Gasteiger partial charge in [0.1, 0.15) is 0 Å². The Morgan fingerprint density at radius 3 is 2.07 bits per heavy atom. The maximum atomic E-state index is 6.11. The minimum Gasteiger partial charge on any atom is -0.352 e. The summed E-state index contributed by atoms with van der Waals surface area (Å²) in [5.74, 6) is 0. The highest BCUT2D eigenvalue weighted by atomic mass is 16.7. The number of hydrogen-bond acceptors (Lipinski definition) is 4. The summed E-state index contributed by atoms with van der Waals surface area (Å²) < 4.78 is 23.4. The zero-order valence-corrected chi connectivity index (χ0v) is 8.74. The first kappa shape index (κ1) is 8.93. The van der Waals surface area contributed by atoms with Crippen molar-refractivity contribution in [3.05, 3.63) is 0 Å². The van der Waals surface area contributed by atoms with Gasteiger partial charge in [0.05, 0.1) is 30.8 Å². The largest absolute Gasteiger partial charge is 0.352 e. The van der Waals surface area contributed by atoms with E-state index in [9.17, 15) is 0 Å². The molecule has 15 heavy (non-hydrogen) atoms. The molecule has 6 saturated heterocycles. The second kappa shape index (κ2) is 2.74. The molecule has 0 radical (unpaired) electrons. The van der Waals surface area contributed by atoms with Crippen molar-refractivity contribution in [1.29, 1.82) is 0 Å². The first-order valence-electron chi connectivity index (χ1n) is 5.85. The van der Waals surface area contributed by atoms with E-state index < -0.39 is 0 Å². The molecule has 0 amide bonds. The zero-order chi connectivity index (χ0) is 9.93. The fourth-order valence-electron chi connectivity index (χ4n) is 3.08. The highest BCUT2D eigenvalue weighted by Gasteiger charge is 2.66. The van der Waals surface area contributed by atoms with E-state index in [1.807, 2.05) is 0 Å². The molecule has 3 bridgehead atoms. The van der Waals surface area contributed by atoms with Crippen molar-refractivity contribution in [3.63, 3.8) is 0 Å². The molecule has 6 aliphatic heterocycles. The lowest BCUT2D eigenvalue weighted by molar-refractivity contribution is -0.320. The van der Waals surface area contributed by atoms with Gasteiger partial charge in [0.15, 0.2) is 12.6 Å². The molecule has 1 unspecified atom stereocenters. The molecular formula is C11H16O4. The predicted octanol–water partition coefficient (Wildman–Crippen LogP) is 1.04. The summed E-state index contributed by atoms with van der Waals surface area (Å²) in [7, 11) is 0. The summed E-state index contributed by atoms with van der Waals surface area (Å²) in [5, 5.41) is 0. The quantitative estimate of drug-likeness (QED) is 0.601. The van der Waals surface area contributed by atoms with E-state index in [1.54, 1.807) is 0 Å². The van der Waals surface area contributed by atoms with Crippen LogP contribution >= 0.6 is 0 Å². The topological polar surface area (TPSA) is 36.9 Å². The van der Waals surface area contributed by atoms with E-state index in [4.69, 9.17) is 18.9 Å². The van der Waals surface area contributed by atoms with Gasteiger partial charge < -0.3 is 18.9 Å². The van der Waals surface area contributed by atoms with Crippen molar-refractivity contribution in [1.82, 2.24) is 0 Å². The van der Waals surface area contributed by atoms with Crippen molar-refractivity contribution in [3.8, 4) is 0 Å². The lowest BCUT2D eigenvalue weighted by Crippen LogP contribution is -2.57. The first-order valence-corrected chi connectivity index (χ1v) is 5.85. The third-order valence-corrected chi connectivity index (χ3v) is 4.30. The summed E-state index contributed by atoms with van der Waals surface area (Å²) in [6.45, 7) is 2.22. The molecule has 0 aromatic rings.